The summed E-state index contributed by atoms with van der Waals surface area (Å²) in [5.41, 5.74) is 8.20. The van der Waals surface area contributed by atoms with Crippen molar-refractivity contribution in [1.82, 2.24) is 0 Å². The molecule has 3 nitrogen and oxygen atoms in total. The Balaban J connectivity index is 2.09. The third-order valence-corrected chi connectivity index (χ3v) is 3.10. The Morgan fingerprint density at radius 2 is 2.12 bits per heavy atom. The molecule has 1 aromatic carbocycles. The molecule has 0 unspecified atom stereocenters. The van der Waals surface area contributed by atoms with Crippen LogP contribution in [0.4, 0.5) is 5.69 Å². The highest BCUT2D eigenvalue weighted by molar-refractivity contribution is 5.49. The van der Waals surface area contributed by atoms with Gasteiger partial charge < -0.3 is 10.6 Å². The van der Waals surface area contributed by atoms with E-state index in [0.29, 0.717) is 12.5 Å². The van der Waals surface area contributed by atoms with E-state index >= 15 is 0 Å². The van der Waals surface area contributed by atoms with E-state index in [0.717, 1.165) is 31.5 Å². The van der Waals surface area contributed by atoms with Gasteiger partial charge in [0.05, 0.1) is 12.5 Å². The van der Waals surface area contributed by atoms with Crippen LogP contribution in [0.25, 0.3) is 0 Å². The molecule has 1 aromatic rings. The van der Waals surface area contributed by atoms with Crippen LogP contribution in [0.15, 0.2) is 24.3 Å². The van der Waals surface area contributed by atoms with Crippen LogP contribution in [0, 0.1) is 11.3 Å². The molecular weight excluding hydrogens is 198 g/mol. The lowest BCUT2D eigenvalue weighted by atomic mass is 10.0. The molecule has 1 aliphatic heterocycles. The van der Waals surface area contributed by atoms with Gasteiger partial charge in [-0.1, -0.05) is 12.1 Å². The Bertz CT molecular complexity index is 386. The predicted octanol–water partition coefficient (Wildman–Crippen LogP) is 1.68. The fraction of sp³-hybridized carbons (Fsp3) is 0.462. The number of hydrogen-bond acceptors (Lipinski definition) is 3. The number of anilines is 1. The smallest absolute Gasteiger partial charge is 0.0669 e. The van der Waals surface area contributed by atoms with Gasteiger partial charge in [0.1, 0.15) is 0 Å². The van der Waals surface area contributed by atoms with Crippen molar-refractivity contribution in [2.75, 3.05) is 18.0 Å². The van der Waals surface area contributed by atoms with E-state index in [1.165, 1.54) is 5.69 Å². The zero-order valence-electron chi connectivity index (χ0n) is 9.39. The molecule has 1 fully saturated rings. The topological polar surface area (TPSA) is 53.0 Å². The van der Waals surface area contributed by atoms with Gasteiger partial charge >= 0.3 is 0 Å². The molecule has 1 saturated heterocycles. The van der Waals surface area contributed by atoms with Crippen molar-refractivity contribution in [3.8, 4) is 6.07 Å². The fourth-order valence-electron chi connectivity index (χ4n) is 2.11. The van der Waals surface area contributed by atoms with Crippen LogP contribution < -0.4 is 10.6 Å². The minimum atomic E-state index is 0.360. The molecule has 2 rings (SSSR count). The Morgan fingerprint density at radius 3 is 2.81 bits per heavy atom. The van der Waals surface area contributed by atoms with Gasteiger partial charge in [0.25, 0.3) is 0 Å². The molecule has 1 aliphatic rings. The summed E-state index contributed by atoms with van der Waals surface area (Å²) in [5.74, 6) is 0. The first-order chi connectivity index (χ1) is 7.79. The van der Waals surface area contributed by atoms with E-state index in [1.54, 1.807) is 0 Å². The number of hydrogen-bond donors (Lipinski definition) is 1. The Kier molecular flexibility index (Phi) is 3.43. The average Bonchev–Trinajstić information content (AvgIpc) is 2.31. The zero-order valence-corrected chi connectivity index (χ0v) is 9.39. The van der Waals surface area contributed by atoms with E-state index in [2.05, 4.69) is 23.1 Å². The van der Waals surface area contributed by atoms with E-state index in [4.69, 9.17) is 11.0 Å². The molecule has 16 heavy (non-hydrogen) atoms. The first-order valence-corrected chi connectivity index (χ1v) is 5.76. The molecule has 0 saturated carbocycles. The third-order valence-electron chi connectivity index (χ3n) is 3.10. The lowest BCUT2D eigenvalue weighted by molar-refractivity contribution is 0.501. The summed E-state index contributed by atoms with van der Waals surface area (Å²) in [6.45, 7) is 2.05. The van der Waals surface area contributed by atoms with Crippen molar-refractivity contribution in [3.05, 3.63) is 29.8 Å². The zero-order chi connectivity index (χ0) is 11.4. The monoisotopic (exact) mass is 215 g/mol. The lowest BCUT2D eigenvalue weighted by Crippen LogP contribution is -2.39. The van der Waals surface area contributed by atoms with Crippen LogP contribution in [0.2, 0.25) is 0 Å². The standard InChI is InChI=1S/C13H17N3/c14-7-4-11-2-1-3-13(10-11)16-8-5-12(15)6-9-16/h1-3,10,12H,4-6,8-9,15H2. The Hall–Kier alpha value is -1.53. The summed E-state index contributed by atoms with van der Waals surface area (Å²) in [6, 6.07) is 10.8. The first kappa shape index (κ1) is 11.0. The third kappa shape index (κ3) is 2.53. The SMILES string of the molecule is N#CCc1cccc(N2CCC(N)CC2)c1. The number of nitrogens with zero attached hydrogens (tertiary/aromatic N) is 2. The first-order valence-electron chi connectivity index (χ1n) is 5.76. The lowest BCUT2D eigenvalue weighted by Gasteiger charge is -2.32. The summed E-state index contributed by atoms with van der Waals surface area (Å²) in [5, 5.41) is 8.68. The fourth-order valence-corrected chi connectivity index (χ4v) is 2.11. The normalized spacial score (nSPS) is 17.1. The molecule has 0 spiro atoms. The van der Waals surface area contributed by atoms with Crippen molar-refractivity contribution < 1.29 is 0 Å². The minimum absolute atomic E-state index is 0.360. The second-order valence-electron chi connectivity index (χ2n) is 4.33. The van der Waals surface area contributed by atoms with E-state index in [-0.39, 0.29) is 0 Å². The number of nitrogens with two attached hydrogens (primary N) is 1. The summed E-state index contributed by atoms with van der Waals surface area (Å²) in [6.07, 6.45) is 2.60. The van der Waals surface area contributed by atoms with Crippen molar-refractivity contribution in [2.24, 2.45) is 5.73 Å². The molecule has 0 aliphatic carbocycles. The predicted molar refractivity (Wildman–Crippen MR) is 65.2 cm³/mol. The average molecular weight is 215 g/mol. The molecular formula is C13H17N3. The van der Waals surface area contributed by atoms with Crippen LogP contribution in [0.1, 0.15) is 18.4 Å². The maximum atomic E-state index is 8.68. The molecule has 0 bridgehead atoms. The van der Waals surface area contributed by atoms with Gasteiger partial charge in [0.15, 0.2) is 0 Å². The number of benzene rings is 1. The number of nitriles is 1. The van der Waals surface area contributed by atoms with Crippen LogP contribution in [-0.4, -0.2) is 19.1 Å². The maximum Gasteiger partial charge on any atom is 0.0669 e. The Morgan fingerprint density at radius 1 is 1.38 bits per heavy atom. The van der Waals surface area contributed by atoms with Crippen molar-refractivity contribution in [3.63, 3.8) is 0 Å². The van der Waals surface area contributed by atoms with Gasteiger partial charge in [-0.2, -0.15) is 5.26 Å². The van der Waals surface area contributed by atoms with Gasteiger partial charge in [0.2, 0.25) is 0 Å². The molecule has 3 heteroatoms. The minimum Gasteiger partial charge on any atom is -0.371 e. The number of piperidine rings is 1. The summed E-state index contributed by atoms with van der Waals surface area (Å²) >= 11 is 0. The number of rotatable bonds is 2. The van der Waals surface area contributed by atoms with Gasteiger partial charge in [-0.15, -0.1) is 0 Å². The summed E-state index contributed by atoms with van der Waals surface area (Å²) in [7, 11) is 0. The molecule has 0 amide bonds. The quantitative estimate of drug-likeness (QED) is 0.816. The van der Waals surface area contributed by atoms with E-state index < -0.39 is 0 Å². The molecule has 0 atom stereocenters. The largest absolute Gasteiger partial charge is 0.371 e. The van der Waals surface area contributed by atoms with Crippen molar-refractivity contribution in [2.45, 2.75) is 25.3 Å². The van der Waals surface area contributed by atoms with Gasteiger partial charge in [-0.25, -0.2) is 0 Å². The summed E-state index contributed by atoms with van der Waals surface area (Å²) < 4.78 is 0. The van der Waals surface area contributed by atoms with Crippen molar-refractivity contribution in [1.29, 1.82) is 5.26 Å². The van der Waals surface area contributed by atoms with Crippen LogP contribution in [0.5, 0.6) is 0 Å². The molecule has 0 aromatic heterocycles. The molecule has 84 valence electrons. The molecule has 1 heterocycles. The molecule has 2 N–H and O–H groups in total. The van der Waals surface area contributed by atoms with Crippen molar-refractivity contribution >= 4 is 5.69 Å². The van der Waals surface area contributed by atoms with Crippen LogP contribution >= 0.6 is 0 Å². The highest BCUT2D eigenvalue weighted by Crippen LogP contribution is 2.20. The van der Waals surface area contributed by atoms with E-state index in [1.807, 2.05) is 12.1 Å². The van der Waals surface area contributed by atoms with Gasteiger partial charge in [0, 0.05) is 24.8 Å². The second kappa shape index (κ2) is 5.00. The van der Waals surface area contributed by atoms with Crippen LogP contribution in [0.3, 0.4) is 0 Å². The highest BCUT2D eigenvalue weighted by atomic mass is 15.1. The highest BCUT2D eigenvalue weighted by Gasteiger charge is 2.16. The molecule has 0 radical (unpaired) electrons. The Labute approximate surface area is 96.5 Å². The summed E-state index contributed by atoms with van der Waals surface area (Å²) in [4.78, 5) is 2.35. The van der Waals surface area contributed by atoms with Gasteiger partial charge in [-0.05, 0) is 30.5 Å². The van der Waals surface area contributed by atoms with E-state index in [9.17, 15) is 0 Å². The van der Waals surface area contributed by atoms with Gasteiger partial charge in [-0.3, -0.25) is 0 Å². The van der Waals surface area contributed by atoms with Crippen LogP contribution in [-0.2, 0) is 6.42 Å². The maximum absolute atomic E-state index is 8.68. The second-order valence-corrected chi connectivity index (χ2v) is 4.33.